The van der Waals surface area contributed by atoms with Crippen molar-refractivity contribution in [3.63, 3.8) is 0 Å². The number of aromatic nitrogens is 1. The van der Waals surface area contributed by atoms with Crippen LogP contribution in [0.2, 0.25) is 0 Å². The maximum Gasteiger partial charge on any atom is 0.0541 e. The monoisotopic (exact) mass is 459 g/mol. The first kappa shape index (κ1) is 20.7. The molecule has 0 bridgehead atoms. The van der Waals surface area contributed by atoms with Crippen molar-refractivity contribution in [3.8, 4) is 16.8 Å². The molecule has 36 heavy (non-hydrogen) atoms. The van der Waals surface area contributed by atoms with Gasteiger partial charge in [-0.05, 0) is 69.8 Å². The van der Waals surface area contributed by atoms with Crippen molar-refractivity contribution >= 4 is 32.6 Å². The van der Waals surface area contributed by atoms with Crippen LogP contribution < -0.4 is 0 Å². The maximum atomic E-state index is 2.39. The molecule has 0 saturated carbocycles. The average Bonchev–Trinajstić information content (AvgIpc) is 3.28. The zero-order chi connectivity index (χ0) is 23.9. The van der Waals surface area contributed by atoms with Gasteiger partial charge >= 0.3 is 0 Å². The van der Waals surface area contributed by atoms with Crippen molar-refractivity contribution in [2.75, 3.05) is 0 Å². The Kier molecular flexibility index (Phi) is 4.92. The average molecular weight is 460 g/mol. The highest BCUT2D eigenvalue weighted by atomic mass is 15.0. The molecule has 0 atom stereocenters. The van der Waals surface area contributed by atoms with Crippen molar-refractivity contribution in [1.29, 1.82) is 0 Å². The normalized spacial score (nSPS) is 11.4. The summed E-state index contributed by atoms with van der Waals surface area (Å²) in [5.74, 6) is 0. The number of nitrogens with zero attached hydrogens (tertiary/aromatic N) is 1. The fraction of sp³-hybridized carbons (Fsp3) is 0.0286. The molecule has 6 aromatic carbocycles. The lowest BCUT2D eigenvalue weighted by atomic mass is 9.98. The molecule has 1 heterocycles. The van der Waals surface area contributed by atoms with Crippen LogP contribution in [0.1, 0.15) is 11.1 Å². The van der Waals surface area contributed by atoms with Crippen LogP contribution in [0, 0.1) is 0 Å². The fourth-order valence-corrected chi connectivity index (χ4v) is 5.43. The molecule has 0 N–H and O–H groups in total. The van der Waals surface area contributed by atoms with E-state index in [-0.39, 0.29) is 0 Å². The third kappa shape index (κ3) is 3.57. The molecular weight excluding hydrogens is 434 g/mol. The quantitative estimate of drug-likeness (QED) is 0.247. The molecule has 0 saturated heterocycles. The van der Waals surface area contributed by atoms with E-state index in [0.29, 0.717) is 0 Å². The first-order valence-electron chi connectivity index (χ1n) is 12.5. The predicted molar refractivity (Wildman–Crippen MR) is 153 cm³/mol. The van der Waals surface area contributed by atoms with Crippen molar-refractivity contribution in [3.05, 3.63) is 151 Å². The molecule has 0 spiro atoms. The van der Waals surface area contributed by atoms with Crippen LogP contribution in [0.5, 0.6) is 0 Å². The molecule has 0 fully saturated rings. The van der Waals surface area contributed by atoms with Crippen LogP contribution in [0.25, 0.3) is 49.4 Å². The Hall–Kier alpha value is -4.62. The molecule has 0 unspecified atom stereocenters. The van der Waals surface area contributed by atoms with Gasteiger partial charge in [0, 0.05) is 16.5 Å². The first-order chi connectivity index (χ1) is 17.8. The Morgan fingerprint density at radius 2 is 1.06 bits per heavy atom. The molecule has 170 valence electrons. The van der Waals surface area contributed by atoms with Gasteiger partial charge in [-0.1, -0.05) is 109 Å². The summed E-state index contributed by atoms with van der Waals surface area (Å²) in [5.41, 5.74) is 8.84. The van der Waals surface area contributed by atoms with Crippen molar-refractivity contribution in [2.24, 2.45) is 0 Å². The van der Waals surface area contributed by atoms with Crippen molar-refractivity contribution < 1.29 is 0 Å². The number of benzene rings is 6. The molecule has 0 aliphatic rings. The van der Waals surface area contributed by atoms with Crippen LogP contribution in [0.15, 0.2) is 140 Å². The molecule has 7 aromatic rings. The van der Waals surface area contributed by atoms with Gasteiger partial charge in [0.15, 0.2) is 0 Å². The molecule has 0 aliphatic heterocycles. The van der Waals surface area contributed by atoms with E-state index in [2.05, 4.69) is 144 Å². The van der Waals surface area contributed by atoms with Gasteiger partial charge in [0.25, 0.3) is 0 Å². The SMILES string of the molecule is c1cc(Cc2ccc(-c3ccc4ccccc4c3)cc2)cc(-n2c3ccccc3c3ccccc32)c1. The Bertz CT molecular complexity index is 1800. The summed E-state index contributed by atoms with van der Waals surface area (Å²) < 4.78 is 2.39. The standard InChI is InChI=1S/C35H25N/c1-2-10-29-24-30(21-20-27(29)9-1)28-18-16-25(17-19-28)22-26-8-7-11-31(23-26)36-34-14-5-3-12-32(34)33-13-4-6-15-35(33)36/h1-21,23-24H,22H2. The Labute approximate surface area is 210 Å². The van der Waals surface area contributed by atoms with E-state index in [0.717, 1.165) is 6.42 Å². The summed E-state index contributed by atoms with van der Waals surface area (Å²) in [6.45, 7) is 0. The van der Waals surface area contributed by atoms with Crippen LogP contribution in [0.4, 0.5) is 0 Å². The zero-order valence-electron chi connectivity index (χ0n) is 19.9. The summed E-state index contributed by atoms with van der Waals surface area (Å²) in [6, 6.07) is 50.6. The maximum absolute atomic E-state index is 2.39. The number of para-hydroxylation sites is 2. The second kappa shape index (κ2) is 8.55. The summed E-state index contributed by atoms with van der Waals surface area (Å²) in [4.78, 5) is 0. The van der Waals surface area contributed by atoms with E-state index in [1.54, 1.807) is 0 Å². The van der Waals surface area contributed by atoms with Gasteiger partial charge in [-0.3, -0.25) is 0 Å². The van der Waals surface area contributed by atoms with Crippen molar-refractivity contribution in [2.45, 2.75) is 6.42 Å². The molecule has 1 heteroatoms. The molecule has 0 aliphatic carbocycles. The first-order valence-corrected chi connectivity index (χ1v) is 12.5. The lowest BCUT2D eigenvalue weighted by Gasteiger charge is -2.11. The summed E-state index contributed by atoms with van der Waals surface area (Å²) >= 11 is 0. The van der Waals surface area contributed by atoms with E-state index in [1.165, 1.54) is 60.5 Å². The minimum absolute atomic E-state index is 0.906. The van der Waals surface area contributed by atoms with Crippen LogP contribution >= 0.6 is 0 Å². The third-order valence-electron chi connectivity index (χ3n) is 7.19. The van der Waals surface area contributed by atoms with Gasteiger partial charge in [0.1, 0.15) is 0 Å². The summed E-state index contributed by atoms with van der Waals surface area (Å²) in [5, 5.41) is 5.15. The number of rotatable bonds is 4. The lowest BCUT2D eigenvalue weighted by molar-refractivity contribution is 1.14. The fourth-order valence-electron chi connectivity index (χ4n) is 5.43. The highest BCUT2D eigenvalue weighted by Gasteiger charge is 2.11. The second-order valence-corrected chi connectivity index (χ2v) is 9.48. The summed E-state index contributed by atoms with van der Waals surface area (Å²) in [6.07, 6.45) is 0.906. The molecule has 7 rings (SSSR count). The van der Waals surface area contributed by atoms with E-state index < -0.39 is 0 Å². The van der Waals surface area contributed by atoms with Gasteiger partial charge in [0.2, 0.25) is 0 Å². The highest BCUT2D eigenvalue weighted by Crippen LogP contribution is 2.32. The van der Waals surface area contributed by atoms with E-state index in [4.69, 9.17) is 0 Å². The topological polar surface area (TPSA) is 4.93 Å². The van der Waals surface area contributed by atoms with Gasteiger partial charge < -0.3 is 4.57 Å². The van der Waals surface area contributed by atoms with E-state index >= 15 is 0 Å². The smallest absolute Gasteiger partial charge is 0.0541 e. The van der Waals surface area contributed by atoms with Crippen LogP contribution in [-0.4, -0.2) is 4.57 Å². The number of hydrogen-bond donors (Lipinski definition) is 0. The zero-order valence-corrected chi connectivity index (χ0v) is 19.9. The Balaban J connectivity index is 1.21. The number of fused-ring (bicyclic) bond motifs is 4. The van der Waals surface area contributed by atoms with Gasteiger partial charge in [-0.15, -0.1) is 0 Å². The molecule has 0 radical (unpaired) electrons. The number of hydrogen-bond acceptors (Lipinski definition) is 0. The largest absolute Gasteiger partial charge is 0.309 e. The van der Waals surface area contributed by atoms with Gasteiger partial charge in [-0.2, -0.15) is 0 Å². The predicted octanol–water partition coefficient (Wildman–Crippen LogP) is 9.19. The Morgan fingerprint density at radius 1 is 0.417 bits per heavy atom. The second-order valence-electron chi connectivity index (χ2n) is 9.48. The van der Waals surface area contributed by atoms with E-state index in [1.807, 2.05) is 0 Å². The molecule has 1 aromatic heterocycles. The van der Waals surface area contributed by atoms with E-state index in [9.17, 15) is 0 Å². The Morgan fingerprint density at radius 3 is 1.81 bits per heavy atom. The van der Waals surface area contributed by atoms with Gasteiger partial charge in [0.05, 0.1) is 11.0 Å². The minimum Gasteiger partial charge on any atom is -0.309 e. The molecular formula is C35H25N. The summed E-state index contributed by atoms with van der Waals surface area (Å²) in [7, 11) is 0. The van der Waals surface area contributed by atoms with Crippen molar-refractivity contribution in [1.82, 2.24) is 4.57 Å². The third-order valence-corrected chi connectivity index (χ3v) is 7.19. The molecule has 0 amide bonds. The lowest BCUT2D eigenvalue weighted by Crippen LogP contribution is -1.96. The molecule has 1 nitrogen and oxygen atoms in total. The van der Waals surface area contributed by atoms with Crippen LogP contribution in [0.3, 0.4) is 0 Å². The highest BCUT2D eigenvalue weighted by molar-refractivity contribution is 6.09. The minimum atomic E-state index is 0.906. The van der Waals surface area contributed by atoms with Gasteiger partial charge in [-0.25, -0.2) is 0 Å². The van der Waals surface area contributed by atoms with Crippen LogP contribution in [-0.2, 0) is 6.42 Å².